The second kappa shape index (κ2) is 16.7. The summed E-state index contributed by atoms with van der Waals surface area (Å²) >= 11 is 5.59. The number of carbonyl (C=O) groups is 3. The fourth-order valence-corrected chi connectivity index (χ4v) is 6.14. The molecule has 1 aliphatic rings. The van der Waals surface area contributed by atoms with E-state index >= 15 is 0 Å². The SMILES string of the molecule is CC(C)C(NC(=O)N(CCCl)N=O)C(=O)NCCNC(=O)Oc1ccc(-c2nc3ccc(-c4nc5ccc(N6CCN(C)CC6)cc5[nH]4)cc3[nH]2)cc1. The number of ether oxygens (including phenoxy) is 1. The van der Waals surface area contributed by atoms with E-state index < -0.39 is 24.1 Å². The van der Waals surface area contributed by atoms with Crippen molar-refractivity contribution in [3.05, 3.63) is 65.6 Å². The van der Waals surface area contributed by atoms with Crippen LogP contribution in [0.5, 0.6) is 5.75 Å². The number of imidazole rings is 2. The summed E-state index contributed by atoms with van der Waals surface area (Å²) in [6, 6.07) is 17.5. The highest BCUT2D eigenvalue weighted by molar-refractivity contribution is 6.18. The Labute approximate surface area is 310 Å². The molecule has 0 aliphatic carbocycles. The van der Waals surface area contributed by atoms with Gasteiger partial charge in [-0.1, -0.05) is 13.8 Å². The molecule has 3 aromatic carbocycles. The Balaban J connectivity index is 1.01. The number of nitrogens with zero attached hydrogens (tertiary/aromatic N) is 6. The molecule has 16 nitrogen and oxygen atoms in total. The number of likely N-dealkylation sites (N-methyl/N-ethyl adjacent to an activating group) is 1. The van der Waals surface area contributed by atoms with E-state index in [4.69, 9.17) is 26.3 Å². The minimum Gasteiger partial charge on any atom is -0.410 e. The van der Waals surface area contributed by atoms with Crippen molar-refractivity contribution in [3.63, 3.8) is 0 Å². The number of carbonyl (C=O) groups excluding carboxylic acids is 3. The number of nitrogens with one attached hydrogen (secondary N) is 5. The monoisotopic (exact) mass is 743 g/mol. The molecule has 0 spiro atoms. The van der Waals surface area contributed by atoms with E-state index in [-0.39, 0.29) is 31.4 Å². The van der Waals surface area contributed by atoms with Crippen molar-refractivity contribution in [2.24, 2.45) is 11.2 Å². The van der Waals surface area contributed by atoms with E-state index in [0.29, 0.717) is 16.6 Å². The molecule has 0 bridgehead atoms. The predicted molar refractivity (Wildman–Crippen MR) is 204 cm³/mol. The zero-order chi connectivity index (χ0) is 37.5. The van der Waals surface area contributed by atoms with Gasteiger partial charge in [0.25, 0.3) is 0 Å². The quantitative estimate of drug-likeness (QED) is 0.0493. The Morgan fingerprint density at radius 3 is 2.17 bits per heavy atom. The fraction of sp³-hybridized carbons (Fsp3) is 0.361. The molecule has 2 aromatic heterocycles. The number of aromatic amines is 2. The highest BCUT2D eigenvalue weighted by Gasteiger charge is 2.26. The maximum atomic E-state index is 12.7. The van der Waals surface area contributed by atoms with Gasteiger partial charge >= 0.3 is 12.1 Å². The van der Waals surface area contributed by atoms with Crippen LogP contribution in [0.15, 0.2) is 65.9 Å². The van der Waals surface area contributed by atoms with Crippen molar-refractivity contribution >= 4 is 57.4 Å². The first kappa shape index (κ1) is 37.0. The lowest BCUT2D eigenvalue weighted by Gasteiger charge is -2.34. The summed E-state index contributed by atoms with van der Waals surface area (Å²) in [4.78, 5) is 69.4. The van der Waals surface area contributed by atoms with E-state index in [9.17, 15) is 19.3 Å². The molecule has 0 radical (unpaired) electrons. The number of halogens is 1. The second-order valence-corrected chi connectivity index (χ2v) is 13.5. The second-order valence-electron chi connectivity index (χ2n) is 13.1. The molecular formula is C36H42ClN11O5. The molecule has 1 saturated heterocycles. The Morgan fingerprint density at radius 2 is 1.51 bits per heavy atom. The van der Waals surface area contributed by atoms with E-state index in [1.807, 2.05) is 18.2 Å². The molecule has 5 N–H and O–H groups in total. The van der Waals surface area contributed by atoms with E-state index in [1.165, 1.54) is 5.69 Å². The van der Waals surface area contributed by atoms with Crippen LogP contribution in [-0.4, -0.2) is 113 Å². The maximum Gasteiger partial charge on any atom is 0.412 e. The Bertz CT molecular complexity index is 2080. The Morgan fingerprint density at radius 1 is 0.887 bits per heavy atom. The number of H-pyrrole nitrogens is 2. The van der Waals surface area contributed by atoms with Crippen molar-refractivity contribution in [1.82, 2.24) is 45.8 Å². The molecule has 0 saturated carbocycles. The molecule has 3 heterocycles. The third kappa shape index (κ3) is 9.02. The molecule has 17 heteroatoms. The summed E-state index contributed by atoms with van der Waals surface area (Å²) in [5, 5.41) is 10.9. The van der Waals surface area contributed by atoms with Crippen molar-refractivity contribution in [2.75, 3.05) is 63.6 Å². The third-order valence-electron chi connectivity index (χ3n) is 8.98. The number of hydrogen-bond acceptors (Lipinski definition) is 10. The highest BCUT2D eigenvalue weighted by atomic mass is 35.5. The molecule has 6 rings (SSSR count). The fourth-order valence-electron chi connectivity index (χ4n) is 5.98. The Hall–Kier alpha value is -5.74. The maximum absolute atomic E-state index is 12.7. The first-order valence-electron chi connectivity index (χ1n) is 17.4. The van der Waals surface area contributed by atoms with Gasteiger partial charge in [0.2, 0.25) is 5.91 Å². The lowest BCUT2D eigenvalue weighted by molar-refractivity contribution is -0.123. The zero-order valence-electron chi connectivity index (χ0n) is 29.7. The first-order chi connectivity index (χ1) is 25.6. The molecule has 5 aromatic rings. The molecule has 1 aliphatic heterocycles. The molecule has 1 atom stereocenters. The smallest absolute Gasteiger partial charge is 0.410 e. The lowest BCUT2D eigenvalue weighted by atomic mass is 10.0. The number of fused-ring (bicyclic) bond motifs is 2. The number of amides is 4. The molecular weight excluding hydrogens is 702 g/mol. The van der Waals surface area contributed by atoms with Crippen LogP contribution < -0.4 is 25.6 Å². The van der Waals surface area contributed by atoms with Crippen molar-refractivity contribution in [3.8, 4) is 28.5 Å². The van der Waals surface area contributed by atoms with Gasteiger partial charge in [0.15, 0.2) is 0 Å². The van der Waals surface area contributed by atoms with E-state index in [2.05, 4.69) is 66.3 Å². The largest absolute Gasteiger partial charge is 0.412 e. The van der Waals surface area contributed by atoms with Crippen molar-refractivity contribution < 1.29 is 19.1 Å². The van der Waals surface area contributed by atoms with E-state index in [0.717, 1.165) is 65.2 Å². The topological polar surface area (TPSA) is 193 Å². The number of benzene rings is 3. The van der Waals surface area contributed by atoms with Gasteiger partial charge < -0.3 is 40.5 Å². The minimum absolute atomic E-state index is 0.0102. The number of rotatable bonds is 13. The summed E-state index contributed by atoms with van der Waals surface area (Å²) < 4.78 is 5.39. The van der Waals surface area contributed by atoms with Crippen LogP contribution in [0.4, 0.5) is 15.3 Å². The summed E-state index contributed by atoms with van der Waals surface area (Å²) in [7, 11) is 2.15. The van der Waals surface area contributed by atoms with Crippen LogP contribution in [0.3, 0.4) is 0 Å². The molecule has 1 fully saturated rings. The Kier molecular flexibility index (Phi) is 11.7. The van der Waals surface area contributed by atoms with Gasteiger partial charge in [-0.25, -0.2) is 19.6 Å². The standard InChI is InChI=1S/C36H42ClN11O5/c1-22(2)31(44-35(50)48(45-52)15-12-37)34(49)38-13-14-39-36(51)53-26-8-4-23(5-9-26)32-40-27-10-6-24(20-29(27)42-32)33-41-28-11-7-25(21-30(28)43-33)47-18-16-46(3)17-19-47/h4-11,20-22,31H,12-19H2,1-3H3,(H,38,49)(H,39,51)(H,40,42)(H,41,43)(H,44,50). The van der Waals surface area contributed by atoms with Crippen molar-refractivity contribution in [1.29, 1.82) is 0 Å². The highest BCUT2D eigenvalue weighted by Crippen LogP contribution is 2.29. The van der Waals surface area contributed by atoms with Crippen molar-refractivity contribution in [2.45, 2.75) is 19.9 Å². The van der Waals surface area contributed by atoms with Gasteiger partial charge in [0.05, 0.1) is 33.9 Å². The first-order valence-corrected chi connectivity index (χ1v) is 17.9. The van der Waals surface area contributed by atoms with Crippen LogP contribution >= 0.6 is 11.6 Å². The zero-order valence-corrected chi connectivity index (χ0v) is 30.4. The lowest BCUT2D eigenvalue weighted by Crippen LogP contribution is -2.53. The average molecular weight is 744 g/mol. The number of urea groups is 1. The number of alkyl halides is 1. The number of anilines is 1. The van der Waals surface area contributed by atoms with E-state index in [1.54, 1.807) is 38.1 Å². The summed E-state index contributed by atoms with van der Waals surface area (Å²) in [6.45, 7) is 7.62. The summed E-state index contributed by atoms with van der Waals surface area (Å²) in [5.74, 6) is 1.00. The summed E-state index contributed by atoms with van der Waals surface area (Å²) in [5.41, 5.74) is 6.50. The molecule has 4 amide bonds. The number of piperazine rings is 1. The number of aromatic nitrogens is 4. The van der Waals surface area contributed by atoms with Crippen LogP contribution in [0.1, 0.15) is 13.8 Å². The van der Waals surface area contributed by atoms with Crippen LogP contribution in [0, 0.1) is 10.8 Å². The molecule has 1 unspecified atom stereocenters. The predicted octanol–water partition coefficient (Wildman–Crippen LogP) is 4.69. The van der Waals surface area contributed by atoms with Gasteiger partial charge in [-0.05, 0) is 73.6 Å². The molecule has 53 heavy (non-hydrogen) atoms. The van der Waals surface area contributed by atoms with Gasteiger partial charge in [-0.3, -0.25) is 4.79 Å². The van der Waals surface area contributed by atoms with Gasteiger partial charge in [0.1, 0.15) is 23.4 Å². The minimum atomic E-state index is -0.931. The number of nitroso groups, excluding NO2 is 1. The van der Waals surface area contributed by atoms with Crippen LogP contribution in [0.25, 0.3) is 44.8 Å². The van der Waals surface area contributed by atoms with Gasteiger partial charge in [-0.2, -0.15) is 5.01 Å². The summed E-state index contributed by atoms with van der Waals surface area (Å²) in [6.07, 6.45) is -0.702. The third-order valence-corrected chi connectivity index (χ3v) is 9.15. The van der Waals surface area contributed by atoms with Crippen LogP contribution in [0.2, 0.25) is 0 Å². The normalized spacial score (nSPS) is 13.9. The van der Waals surface area contributed by atoms with Gasteiger partial charge in [-0.15, -0.1) is 16.5 Å². The molecule has 278 valence electrons. The van der Waals surface area contributed by atoms with Crippen LogP contribution in [-0.2, 0) is 4.79 Å². The van der Waals surface area contributed by atoms with Gasteiger partial charge in [0, 0.05) is 62.0 Å². The number of hydrogen-bond donors (Lipinski definition) is 5. The average Bonchev–Trinajstić information content (AvgIpc) is 3.79.